The molecular formula is C9H10ClN3O2. The highest BCUT2D eigenvalue weighted by Gasteiger charge is 2.33. The maximum absolute atomic E-state index is 10.6. The van der Waals surface area contributed by atoms with E-state index in [-0.39, 0.29) is 5.92 Å². The first kappa shape index (κ1) is 10.2. The van der Waals surface area contributed by atoms with E-state index in [9.17, 15) is 4.79 Å². The standard InChI is InChI=1S/C9H10ClN3O2/c1-5-11-7(10)2-8(12-5)13-3-6(4-13)9(14)15/h2,6H,3-4H2,1H3,(H,14,15). The summed E-state index contributed by atoms with van der Waals surface area (Å²) in [5, 5.41) is 9.11. The Morgan fingerprint density at radius 3 is 2.80 bits per heavy atom. The molecule has 5 nitrogen and oxygen atoms in total. The fraction of sp³-hybridized carbons (Fsp3) is 0.444. The van der Waals surface area contributed by atoms with Gasteiger partial charge in [0.1, 0.15) is 16.8 Å². The number of anilines is 1. The highest BCUT2D eigenvalue weighted by atomic mass is 35.5. The van der Waals surface area contributed by atoms with Gasteiger partial charge in [0.15, 0.2) is 0 Å². The number of aliphatic carboxylic acids is 1. The molecule has 0 bridgehead atoms. The molecule has 0 saturated carbocycles. The Balaban J connectivity index is 2.10. The van der Waals surface area contributed by atoms with Crippen LogP contribution in [0.25, 0.3) is 0 Å². The lowest BCUT2D eigenvalue weighted by atomic mass is 10.0. The van der Waals surface area contributed by atoms with Crippen LogP contribution in [0.4, 0.5) is 5.82 Å². The van der Waals surface area contributed by atoms with E-state index >= 15 is 0 Å². The van der Waals surface area contributed by atoms with Crippen molar-refractivity contribution in [2.24, 2.45) is 5.92 Å². The van der Waals surface area contributed by atoms with Gasteiger partial charge in [-0.1, -0.05) is 11.6 Å². The number of hydrogen-bond acceptors (Lipinski definition) is 4. The molecule has 80 valence electrons. The summed E-state index contributed by atoms with van der Waals surface area (Å²) in [7, 11) is 0. The number of aryl methyl sites for hydroxylation is 1. The minimum atomic E-state index is -0.761. The number of rotatable bonds is 2. The Kier molecular flexibility index (Phi) is 2.48. The van der Waals surface area contributed by atoms with Gasteiger partial charge in [-0.25, -0.2) is 9.97 Å². The molecule has 1 fully saturated rings. The summed E-state index contributed by atoms with van der Waals surface area (Å²) in [6, 6.07) is 1.65. The molecule has 1 aromatic rings. The monoisotopic (exact) mass is 227 g/mol. The number of carboxylic acids is 1. The topological polar surface area (TPSA) is 66.3 Å². The van der Waals surface area contributed by atoms with Gasteiger partial charge in [0.25, 0.3) is 0 Å². The van der Waals surface area contributed by atoms with Crippen molar-refractivity contribution in [3.8, 4) is 0 Å². The molecule has 1 aromatic heterocycles. The predicted octanol–water partition coefficient (Wildman–Crippen LogP) is 0.959. The Hall–Kier alpha value is -1.36. The largest absolute Gasteiger partial charge is 0.481 e. The van der Waals surface area contributed by atoms with Crippen LogP contribution in [-0.4, -0.2) is 34.1 Å². The second kappa shape index (κ2) is 3.66. The predicted molar refractivity (Wildman–Crippen MR) is 55.1 cm³/mol. The minimum absolute atomic E-state index is 0.293. The van der Waals surface area contributed by atoms with Crippen molar-refractivity contribution < 1.29 is 9.90 Å². The van der Waals surface area contributed by atoms with Crippen molar-refractivity contribution in [2.75, 3.05) is 18.0 Å². The van der Waals surface area contributed by atoms with Crippen molar-refractivity contribution >= 4 is 23.4 Å². The third-order valence-corrected chi connectivity index (χ3v) is 2.54. The van der Waals surface area contributed by atoms with E-state index in [4.69, 9.17) is 16.7 Å². The lowest BCUT2D eigenvalue weighted by molar-refractivity contribution is -0.142. The van der Waals surface area contributed by atoms with E-state index in [1.807, 2.05) is 4.90 Å². The molecule has 0 aliphatic carbocycles. The molecule has 0 aromatic carbocycles. The van der Waals surface area contributed by atoms with Crippen molar-refractivity contribution in [3.63, 3.8) is 0 Å². The third-order valence-electron chi connectivity index (χ3n) is 2.35. The van der Waals surface area contributed by atoms with Crippen molar-refractivity contribution in [1.82, 2.24) is 9.97 Å². The molecule has 0 atom stereocenters. The Bertz CT molecular complexity index is 384. The first-order valence-corrected chi connectivity index (χ1v) is 4.93. The molecule has 15 heavy (non-hydrogen) atoms. The van der Waals surface area contributed by atoms with Gasteiger partial charge < -0.3 is 10.0 Å². The molecule has 0 unspecified atom stereocenters. The van der Waals surface area contributed by atoms with E-state index in [0.717, 1.165) is 0 Å². The van der Waals surface area contributed by atoms with Crippen molar-refractivity contribution in [3.05, 3.63) is 17.0 Å². The molecule has 0 amide bonds. The van der Waals surface area contributed by atoms with Gasteiger partial charge in [-0.15, -0.1) is 0 Å². The quantitative estimate of drug-likeness (QED) is 0.763. The van der Waals surface area contributed by atoms with Crippen LogP contribution < -0.4 is 4.90 Å². The second-order valence-corrected chi connectivity index (χ2v) is 3.92. The van der Waals surface area contributed by atoms with E-state index in [1.54, 1.807) is 13.0 Å². The zero-order chi connectivity index (χ0) is 11.0. The summed E-state index contributed by atoms with van der Waals surface area (Å²) in [6.45, 7) is 2.73. The Labute approximate surface area is 91.7 Å². The molecule has 2 rings (SSSR count). The van der Waals surface area contributed by atoms with Crippen LogP contribution in [0.2, 0.25) is 5.15 Å². The van der Waals surface area contributed by atoms with Gasteiger partial charge in [0, 0.05) is 19.2 Å². The van der Waals surface area contributed by atoms with Gasteiger partial charge in [-0.2, -0.15) is 0 Å². The first-order valence-electron chi connectivity index (χ1n) is 4.55. The second-order valence-electron chi connectivity index (χ2n) is 3.54. The van der Waals surface area contributed by atoms with Gasteiger partial charge in [0.05, 0.1) is 5.92 Å². The van der Waals surface area contributed by atoms with E-state index in [2.05, 4.69) is 9.97 Å². The van der Waals surface area contributed by atoms with Crippen LogP contribution in [0.1, 0.15) is 5.82 Å². The smallest absolute Gasteiger partial charge is 0.310 e. The van der Waals surface area contributed by atoms with Crippen LogP contribution in [0, 0.1) is 12.8 Å². The molecule has 0 radical (unpaired) electrons. The molecule has 0 spiro atoms. The van der Waals surface area contributed by atoms with Gasteiger partial charge in [-0.3, -0.25) is 4.79 Å². The van der Waals surface area contributed by atoms with E-state index in [1.165, 1.54) is 0 Å². The zero-order valence-corrected chi connectivity index (χ0v) is 8.90. The fourth-order valence-electron chi connectivity index (χ4n) is 1.50. The third kappa shape index (κ3) is 2.02. The number of carboxylic acid groups (broad SMARTS) is 1. The van der Waals surface area contributed by atoms with Crippen LogP contribution in [0.15, 0.2) is 6.07 Å². The lowest BCUT2D eigenvalue weighted by Gasteiger charge is -2.37. The Morgan fingerprint density at radius 2 is 2.27 bits per heavy atom. The Morgan fingerprint density at radius 1 is 1.60 bits per heavy atom. The van der Waals surface area contributed by atoms with E-state index < -0.39 is 5.97 Å². The summed E-state index contributed by atoms with van der Waals surface area (Å²) in [6.07, 6.45) is 0. The van der Waals surface area contributed by atoms with E-state index in [0.29, 0.717) is 29.9 Å². The average Bonchev–Trinajstić information content (AvgIpc) is 1.97. The fourth-order valence-corrected chi connectivity index (χ4v) is 1.72. The first-order chi connectivity index (χ1) is 7.06. The number of carbonyl (C=O) groups is 1. The zero-order valence-electron chi connectivity index (χ0n) is 8.14. The average molecular weight is 228 g/mol. The highest BCUT2D eigenvalue weighted by molar-refractivity contribution is 6.29. The van der Waals surface area contributed by atoms with Crippen molar-refractivity contribution in [2.45, 2.75) is 6.92 Å². The summed E-state index contributed by atoms with van der Waals surface area (Å²) in [5.74, 6) is 0.239. The van der Waals surface area contributed by atoms with Crippen LogP contribution in [0.3, 0.4) is 0 Å². The summed E-state index contributed by atoms with van der Waals surface area (Å²) < 4.78 is 0. The molecule has 2 heterocycles. The summed E-state index contributed by atoms with van der Waals surface area (Å²) in [4.78, 5) is 20.6. The lowest BCUT2D eigenvalue weighted by Crippen LogP contribution is -2.50. The molecule has 1 aliphatic rings. The summed E-state index contributed by atoms with van der Waals surface area (Å²) in [5.41, 5.74) is 0. The SMILES string of the molecule is Cc1nc(Cl)cc(N2CC(C(=O)O)C2)n1. The van der Waals surface area contributed by atoms with Crippen LogP contribution in [-0.2, 0) is 4.79 Å². The number of aromatic nitrogens is 2. The highest BCUT2D eigenvalue weighted by Crippen LogP contribution is 2.24. The van der Waals surface area contributed by atoms with Crippen molar-refractivity contribution in [1.29, 1.82) is 0 Å². The van der Waals surface area contributed by atoms with Gasteiger partial charge in [-0.05, 0) is 6.92 Å². The normalized spacial score (nSPS) is 16.3. The number of halogens is 1. The van der Waals surface area contributed by atoms with Crippen LogP contribution in [0.5, 0.6) is 0 Å². The van der Waals surface area contributed by atoms with Gasteiger partial charge in [0.2, 0.25) is 0 Å². The number of hydrogen-bond donors (Lipinski definition) is 1. The summed E-state index contributed by atoms with van der Waals surface area (Å²) >= 11 is 5.78. The van der Waals surface area contributed by atoms with Crippen LogP contribution >= 0.6 is 11.6 Å². The van der Waals surface area contributed by atoms with Gasteiger partial charge >= 0.3 is 5.97 Å². The molecule has 6 heteroatoms. The number of nitrogens with zero attached hydrogens (tertiary/aromatic N) is 3. The molecule has 1 saturated heterocycles. The minimum Gasteiger partial charge on any atom is -0.481 e. The molecule has 1 aliphatic heterocycles. The molecular weight excluding hydrogens is 218 g/mol. The maximum atomic E-state index is 10.6. The molecule has 1 N–H and O–H groups in total. The maximum Gasteiger partial charge on any atom is 0.310 e.